The molecular formula is C29H33FN2O3. The topological polar surface area (TPSA) is 59.6 Å². The third kappa shape index (κ3) is 6.68. The normalized spacial score (nSPS) is 14.8. The molecule has 2 bridgehead atoms. The molecule has 4 rings (SSSR count). The second-order valence-electron chi connectivity index (χ2n) is 9.50. The van der Waals surface area contributed by atoms with Crippen molar-refractivity contribution in [1.29, 1.82) is 0 Å². The average molecular weight is 477 g/mol. The van der Waals surface area contributed by atoms with Crippen LogP contribution in [0, 0.1) is 5.82 Å². The number of halogens is 1. The molecule has 35 heavy (non-hydrogen) atoms. The van der Waals surface area contributed by atoms with Crippen molar-refractivity contribution in [1.82, 2.24) is 10.6 Å². The maximum atomic E-state index is 14.3. The summed E-state index contributed by atoms with van der Waals surface area (Å²) in [5, 5.41) is 6.38. The van der Waals surface area contributed by atoms with Crippen molar-refractivity contribution >= 4 is 5.91 Å². The number of carbonyl (C=O) groups is 1. The van der Waals surface area contributed by atoms with E-state index < -0.39 is 5.41 Å². The first kappa shape index (κ1) is 24.9. The van der Waals surface area contributed by atoms with Crippen LogP contribution in [0.1, 0.15) is 46.5 Å². The van der Waals surface area contributed by atoms with Crippen LogP contribution >= 0.6 is 0 Å². The van der Waals surface area contributed by atoms with Gasteiger partial charge >= 0.3 is 0 Å². The summed E-state index contributed by atoms with van der Waals surface area (Å²) in [6.07, 6.45) is 0.645. The Bertz CT molecular complexity index is 1160. The van der Waals surface area contributed by atoms with Crippen molar-refractivity contribution in [2.75, 3.05) is 32.9 Å². The van der Waals surface area contributed by atoms with Crippen LogP contribution in [0.5, 0.6) is 5.75 Å². The molecule has 3 aromatic rings. The number of hydrogen-bond acceptors (Lipinski definition) is 4. The van der Waals surface area contributed by atoms with Crippen LogP contribution in [0.15, 0.2) is 66.7 Å². The number of benzene rings is 3. The molecule has 0 unspecified atom stereocenters. The van der Waals surface area contributed by atoms with Gasteiger partial charge in [0.05, 0.1) is 13.2 Å². The van der Waals surface area contributed by atoms with E-state index in [0.717, 1.165) is 30.0 Å². The first-order valence-corrected chi connectivity index (χ1v) is 12.1. The Labute approximate surface area is 206 Å². The third-order valence-corrected chi connectivity index (χ3v) is 6.24. The third-order valence-electron chi connectivity index (χ3n) is 6.24. The molecule has 0 saturated carbocycles. The number of nitrogens with one attached hydrogen (secondary N) is 2. The highest BCUT2D eigenvalue weighted by atomic mass is 19.1. The van der Waals surface area contributed by atoms with Gasteiger partial charge in [0.15, 0.2) is 0 Å². The second-order valence-corrected chi connectivity index (χ2v) is 9.50. The van der Waals surface area contributed by atoms with Crippen molar-refractivity contribution in [3.63, 3.8) is 0 Å². The molecule has 0 atom stereocenters. The number of amides is 1. The van der Waals surface area contributed by atoms with Crippen LogP contribution in [0.25, 0.3) is 0 Å². The first-order valence-electron chi connectivity index (χ1n) is 12.1. The highest BCUT2D eigenvalue weighted by molar-refractivity contribution is 5.94. The van der Waals surface area contributed by atoms with E-state index in [9.17, 15) is 9.18 Å². The van der Waals surface area contributed by atoms with Gasteiger partial charge in [-0.15, -0.1) is 0 Å². The zero-order valence-electron chi connectivity index (χ0n) is 20.4. The van der Waals surface area contributed by atoms with E-state index in [0.29, 0.717) is 43.9 Å². The van der Waals surface area contributed by atoms with Crippen molar-refractivity contribution in [3.05, 3.63) is 100 Å². The van der Waals surface area contributed by atoms with Crippen molar-refractivity contribution in [2.24, 2.45) is 0 Å². The number of hydrogen-bond donors (Lipinski definition) is 2. The predicted octanol–water partition coefficient (Wildman–Crippen LogP) is 4.62. The fourth-order valence-electron chi connectivity index (χ4n) is 4.27. The van der Waals surface area contributed by atoms with Crippen molar-refractivity contribution < 1.29 is 18.7 Å². The quantitative estimate of drug-likeness (QED) is 0.577. The molecule has 2 N–H and O–H groups in total. The molecular weight excluding hydrogens is 443 g/mol. The van der Waals surface area contributed by atoms with Gasteiger partial charge in [-0.3, -0.25) is 4.79 Å². The summed E-state index contributed by atoms with van der Waals surface area (Å²) in [6, 6.07) is 20.6. The molecule has 0 radical (unpaired) electrons. The number of fused-ring (bicyclic) bond motifs is 3. The average Bonchev–Trinajstić information content (AvgIpc) is 2.85. The molecule has 5 nitrogen and oxygen atoms in total. The fraction of sp³-hybridized carbons (Fsp3) is 0.345. The van der Waals surface area contributed by atoms with Gasteiger partial charge in [-0.25, -0.2) is 4.39 Å². The van der Waals surface area contributed by atoms with Crippen LogP contribution in [0.2, 0.25) is 0 Å². The second kappa shape index (κ2) is 11.5. The molecule has 1 aliphatic rings. The van der Waals surface area contributed by atoms with Crippen LogP contribution < -0.4 is 15.4 Å². The predicted molar refractivity (Wildman–Crippen MR) is 135 cm³/mol. The minimum Gasteiger partial charge on any atom is -0.491 e. The Hall–Kier alpha value is -3.22. The van der Waals surface area contributed by atoms with Gasteiger partial charge in [-0.2, -0.15) is 0 Å². The number of rotatable bonds is 4. The molecule has 1 heterocycles. The Morgan fingerprint density at radius 1 is 1.00 bits per heavy atom. The molecule has 0 spiro atoms. The number of ether oxygens (including phenoxy) is 2. The standard InChI is InChI=1S/C29H33FN2O3/c1-29(2,25-8-3-4-9-26(25)30)20-32-28(33)23-10-11-27-24(18-23)17-21-6-5-7-22(16-21)19-31-12-13-34-14-15-35-27/h3-11,16,18,31H,12-15,17,19-20H2,1-2H3,(H,32,33). The highest BCUT2D eigenvalue weighted by Crippen LogP contribution is 2.26. The minimum atomic E-state index is -0.549. The lowest BCUT2D eigenvalue weighted by atomic mass is 9.84. The van der Waals surface area contributed by atoms with Gasteiger partial charge in [0.2, 0.25) is 0 Å². The summed E-state index contributed by atoms with van der Waals surface area (Å²) in [7, 11) is 0. The lowest BCUT2D eigenvalue weighted by Gasteiger charge is -2.26. The molecule has 6 heteroatoms. The molecule has 184 valence electrons. The molecule has 0 aromatic heterocycles. The van der Waals surface area contributed by atoms with Gasteiger partial charge in [0.1, 0.15) is 18.2 Å². The van der Waals surface area contributed by atoms with Crippen molar-refractivity contribution in [2.45, 2.75) is 32.2 Å². The van der Waals surface area contributed by atoms with Gasteiger partial charge in [0, 0.05) is 37.0 Å². The summed E-state index contributed by atoms with van der Waals surface area (Å²) in [6.45, 7) is 7.29. The minimum absolute atomic E-state index is 0.196. The molecule has 0 saturated heterocycles. The van der Waals surface area contributed by atoms with Gasteiger partial charge in [-0.05, 0) is 46.5 Å². The van der Waals surface area contributed by atoms with E-state index in [4.69, 9.17) is 9.47 Å². The van der Waals surface area contributed by atoms with E-state index >= 15 is 0 Å². The van der Waals surface area contributed by atoms with E-state index in [-0.39, 0.29) is 11.7 Å². The zero-order valence-corrected chi connectivity index (χ0v) is 20.4. The first-order chi connectivity index (χ1) is 16.9. The molecule has 3 aromatic carbocycles. The van der Waals surface area contributed by atoms with Gasteiger partial charge in [0.25, 0.3) is 5.91 Å². The Morgan fingerprint density at radius 3 is 2.69 bits per heavy atom. The lowest BCUT2D eigenvalue weighted by molar-refractivity contribution is 0.0944. The van der Waals surface area contributed by atoms with E-state index in [1.165, 1.54) is 11.6 Å². The van der Waals surface area contributed by atoms with Crippen LogP contribution in [0.3, 0.4) is 0 Å². The maximum Gasteiger partial charge on any atom is 0.251 e. The summed E-state index contributed by atoms with van der Waals surface area (Å²) < 4.78 is 26.0. The van der Waals surface area contributed by atoms with Crippen LogP contribution in [-0.2, 0) is 23.1 Å². The van der Waals surface area contributed by atoms with Crippen LogP contribution in [-0.4, -0.2) is 38.8 Å². The highest BCUT2D eigenvalue weighted by Gasteiger charge is 2.25. The zero-order chi connectivity index (χ0) is 24.7. The van der Waals surface area contributed by atoms with Gasteiger partial charge in [-0.1, -0.05) is 56.3 Å². The smallest absolute Gasteiger partial charge is 0.251 e. The molecule has 0 fully saturated rings. The van der Waals surface area contributed by atoms with Crippen molar-refractivity contribution in [3.8, 4) is 5.75 Å². The summed E-state index contributed by atoms with van der Waals surface area (Å²) in [5.41, 5.74) is 3.87. The Kier molecular flexibility index (Phi) is 8.16. The summed E-state index contributed by atoms with van der Waals surface area (Å²) in [5.74, 6) is 0.284. The SMILES string of the molecule is CC(C)(CNC(=O)c1ccc2c(c1)Cc1cccc(c1)CNCCOCCO2)c1ccccc1F. The maximum absolute atomic E-state index is 14.3. The fourth-order valence-corrected chi connectivity index (χ4v) is 4.27. The van der Waals surface area contributed by atoms with E-state index in [2.05, 4.69) is 34.9 Å². The molecule has 1 aliphatic heterocycles. The Balaban J connectivity index is 1.53. The van der Waals surface area contributed by atoms with E-state index in [1.54, 1.807) is 18.2 Å². The van der Waals surface area contributed by atoms with E-state index in [1.807, 2.05) is 32.0 Å². The lowest BCUT2D eigenvalue weighted by Crippen LogP contribution is -2.37. The molecule has 1 amide bonds. The monoisotopic (exact) mass is 476 g/mol. The molecule has 0 aliphatic carbocycles. The van der Waals surface area contributed by atoms with Gasteiger partial charge < -0.3 is 20.1 Å². The summed E-state index contributed by atoms with van der Waals surface area (Å²) >= 11 is 0. The largest absolute Gasteiger partial charge is 0.491 e. The van der Waals surface area contributed by atoms with Crippen LogP contribution in [0.4, 0.5) is 4.39 Å². The number of carbonyl (C=O) groups excluding carboxylic acids is 1. The Morgan fingerprint density at radius 2 is 1.83 bits per heavy atom. The summed E-state index contributed by atoms with van der Waals surface area (Å²) in [4.78, 5) is 13.1.